The Morgan fingerprint density at radius 2 is 0.837 bits per heavy atom. The number of fused-ring (bicyclic) bond motifs is 6. The lowest BCUT2D eigenvalue weighted by Gasteiger charge is -2.25. The van der Waals surface area contributed by atoms with Crippen LogP contribution >= 0.6 is 22.7 Å². The SMILES string of the molecule is FC1(F)C(c2sccc2-c2ccc3ccc4cccnc4c3n2)=C(c2sccc2-c2ccc3ccc4cccnc4c3n2)C(F)(F)C1(F)F. The summed E-state index contributed by atoms with van der Waals surface area (Å²) >= 11 is 1.36. The fourth-order valence-corrected chi connectivity index (χ4v) is 8.47. The summed E-state index contributed by atoms with van der Waals surface area (Å²) < 4.78 is 95.0. The van der Waals surface area contributed by atoms with Gasteiger partial charge in [-0.1, -0.05) is 48.5 Å². The van der Waals surface area contributed by atoms with Gasteiger partial charge in [-0.3, -0.25) is 9.97 Å². The molecule has 0 radical (unpaired) electrons. The first-order chi connectivity index (χ1) is 23.6. The van der Waals surface area contributed by atoms with Gasteiger partial charge in [-0.05, 0) is 47.2 Å². The third-order valence-electron chi connectivity index (χ3n) is 8.87. The summed E-state index contributed by atoms with van der Waals surface area (Å²) in [6.07, 6.45) is 3.18. The van der Waals surface area contributed by atoms with Gasteiger partial charge in [0.25, 0.3) is 0 Å². The van der Waals surface area contributed by atoms with Gasteiger partial charge in [0.1, 0.15) is 0 Å². The van der Waals surface area contributed by atoms with Crippen LogP contribution in [0.2, 0.25) is 0 Å². The maximum atomic E-state index is 16.0. The van der Waals surface area contributed by atoms with E-state index in [2.05, 4.69) is 9.97 Å². The van der Waals surface area contributed by atoms with Crippen LogP contribution in [0.1, 0.15) is 9.75 Å². The monoisotopic (exact) mass is 696 g/mol. The van der Waals surface area contributed by atoms with E-state index in [4.69, 9.17) is 9.97 Å². The summed E-state index contributed by atoms with van der Waals surface area (Å²) in [6, 6.07) is 24.0. The molecule has 0 N–H and O–H groups in total. The van der Waals surface area contributed by atoms with Crippen LogP contribution in [0, 0.1) is 0 Å². The molecule has 9 rings (SSSR count). The Kier molecular flexibility index (Phi) is 6.35. The Balaban J connectivity index is 1.28. The summed E-state index contributed by atoms with van der Waals surface area (Å²) in [6.45, 7) is 0. The predicted octanol–water partition coefficient (Wildman–Crippen LogP) is 11.2. The molecular formula is C37H18F6N4S2. The molecule has 8 aromatic rings. The molecule has 12 heteroatoms. The number of halogens is 6. The van der Waals surface area contributed by atoms with Gasteiger partial charge in [0.2, 0.25) is 0 Å². The van der Waals surface area contributed by atoms with Gasteiger partial charge in [0.05, 0.1) is 44.6 Å². The molecule has 0 aliphatic heterocycles. The van der Waals surface area contributed by atoms with Gasteiger partial charge in [-0.15, -0.1) is 22.7 Å². The minimum absolute atomic E-state index is 0.0278. The zero-order chi connectivity index (χ0) is 33.7. The van der Waals surface area contributed by atoms with Crippen LogP contribution in [0.25, 0.3) is 77.3 Å². The van der Waals surface area contributed by atoms with Gasteiger partial charge >= 0.3 is 17.8 Å². The highest BCUT2D eigenvalue weighted by Gasteiger charge is 2.80. The van der Waals surface area contributed by atoms with E-state index in [-0.39, 0.29) is 22.5 Å². The van der Waals surface area contributed by atoms with Crippen molar-refractivity contribution in [1.82, 2.24) is 19.9 Å². The molecule has 0 saturated heterocycles. The van der Waals surface area contributed by atoms with Gasteiger partial charge in [-0.25, -0.2) is 9.97 Å². The second-order valence-electron chi connectivity index (χ2n) is 11.6. The summed E-state index contributed by atoms with van der Waals surface area (Å²) in [5.74, 6) is -16.2. The van der Waals surface area contributed by atoms with Crippen molar-refractivity contribution < 1.29 is 26.3 Å². The van der Waals surface area contributed by atoms with E-state index >= 15 is 26.3 Å². The second kappa shape index (κ2) is 10.4. The average molecular weight is 697 g/mol. The van der Waals surface area contributed by atoms with Gasteiger partial charge < -0.3 is 0 Å². The molecule has 240 valence electrons. The maximum absolute atomic E-state index is 16.0. The first-order valence-corrected chi connectivity index (χ1v) is 16.7. The Bertz CT molecular complexity index is 2500. The molecule has 6 aromatic heterocycles. The number of thiophene rings is 2. The quantitative estimate of drug-likeness (QED) is 0.136. The lowest BCUT2D eigenvalue weighted by atomic mass is 9.98. The van der Waals surface area contributed by atoms with E-state index < -0.39 is 38.7 Å². The van der Waals surface area contributed by atoms with Crippen LogP contribution in [0.15, 0.2) is 108 Å². The van der Waals surface area contributed by atoms with Crippen molar-refractivity contribution in [2.45, 2.75) is 17.8 Å². The fourth-order valence-electron chi connectivity index (χ4n) is 6.49. The summed E-state index contributed by atoms with van der Waals surface area (Å²) in [5.41, 5.74) is -0.463. The van der Waals surface area contributed by atoms with Gasteiger partial charge in [0.15, 0.2) is 0 Å². The van der Waals surface area contributed by atoms with Crippen LogP contribution in [0.4, 0.5) is 26.3 Å². The number of nitrogens with zero attached hydrogens (tertiary/aromatic N) is 4. The number of rotatable bonds is 4. The molecule has 0 atom stereocenters. The number of pyridine rings is 4. The smallest absolute Gasteiger partial charge is 0.254 e. The molecule has 4 nitrogen and oxygen atoms in total. The van der Waals surface area contributed by atoms with Crippen molar-refractivity contribution in [2.24, 2.45) is 0 Å². The third-order valence-corrected chi connectivity index (χ3v) is 10.7. The lowest BCUT2D eigenvalue weighted by Crippen LogP contribution is -2.48. The Morgan fingerprint density at radius 3 is 1.27 bits per heavy atom. The molecule has 0 fully saturated rings. The maximum Gasteiger partial charge on any atom is 0.380 e. The van der Waals surface area contributed by atoms with Crippen LogP contribution in [-0.4, -0.2) is 37.7 Å². The number of hydrogen-bond acceptors (Lipinski definition) is 6. The zero-order valence-electron chi connectivity index (χ0n) is 24.8. The van der Waals surface area contributed by atoms with Crippen LogP contribution in [0.3, 0.4) is 0 Å². The average Bonchev–Trinajstić information content (AvgIpc) is 3.81. The largest absolute Gasteiger partial charge is 0.380 e. The first kappa shape index (κ1) is 29.9. The molecule has 2 aromatic carbocycles. The van der Waals surface area contributed by atoms with Crippen molar-refractivity contribution in [1.29, 1.82) is 0 Å². The highest BCUT2D eigenvalue weighted by atomic mass is 32.1. The van der Waals surface area contributed by atoms with Crippen molar-refractivity contribution in [3.8, 4) is 22.5 Å². The van der Waals surface area contributed by atoms with Gasteiger partial charge in [0, 0.05) is 54.8 Å². The summed E-state index contributed by atoms with van der Waals surface area (Å²) in [4.78, 5) is 17.4. The molecular weight excluding hydrogens is 679 g/mol. The first-order valence-electron chi connectivity index (χ1n) is 14.9. The molecule has 1 aliphatic carbocycles. The van der Waals surface area contributed by atoms with Crippen molar-refractivity contribution in [3.05, 3.63) is 118 Å². The molecule has 0 saturated carbocycles. The molecule has 0 bridgehead atoms. The number of alkyl halides is 6. The minimum atomic E-state index is -5.72. The van der Waals surface area contributed by atoms with E-state index in [0.717, 1.165) is 10.8 Å². The van der Waals surface area contributed by atoms with Crippen LogP contribution in [0.5, 0.6) is 0 Å². The van der Waals surface area contributed by atoms with Crippen molar-refractivity contribution >= 4 is 77.4 Å². The van der Waals surface area contributed by atoms with E-state index in [9.17, 15) is 0 Å². The van der Waals surface area contributed by atoms with E-state index in [1.165, 1.54) is 22.9 Å². The molecule has 0 unspecified atom stereocenters. The normalized spacial score (nSPS) is 16.8. The molecule has 0 amide bonds. The molecule has 49 heavy (non-hydrogen) atoms. The number of aromatic nitrogens is 4. The predicted molar refractivity (Wildman–Crippen MR) is 182 cm³/mol. The number of allylic oxidation sites excluding steroid dienone is 2. The lowest BCUT2D eigenvalue weighted by molar-refractivity contribution is -0.254. The topological polar surface area (TPSA) is 51.6 Å². The van der Waals surface area contributed by atoms with Crippen molar-refractivity contribution in [2.75, 3.05) is 0 Å². The van der Waals surface area contributed by atoms with Crippen LogP contribution < -0.4 is 0 Å². The van der Waals surface area contributed by atoms with E-state index in [1.807, 2.05) is 36.4 Å². The number of benzene rings is 2. The third kappa shape index (κ3) is 4.16. The zero-order valence-corrected chi connectivity index (χ0v) is 26.4. The second-order valence-corrected chi connectivity index (χ2v) is 13.5. The number of hydrogen-bond donors (Lipinski definition) is 0. The highest BCUT2D eigenvalue weighted by Crippen LogP contribution is 2.67. The van der Waals surface area contributed by atoms with E-state index in [0.29, 0.717) is 55.5 Å². The standard InChI is InChI=1S/C37H18F6N4S2/c38-35(39)27(33-23(13-17-48-33)25-11-9-21-7-5-19-3-1-15-44-29(19)31(21)46-25)28(36(40,41)37(35,42)43)34-24(14-18-49-34)26-12-10-22-8-6-20-4-2-16-45-30(20)32(22)47-26/h1-18H. The Hall–Kier alpha value is -5.20. The minimum Gasteiger partial charge on any atom is -0.254 e. The Morgan fingerprint density at radius 1 is 0.449 bits per heavy atom. The Labute approximate surface area is 281 Å². The molecule has 6 heterocycles. The summed E-state index contributed by atoms with van der Waals surface area (Å²) in [5, 5.41) is 5.81. The van der Waals surface area contributed by atoms with Crippen molar-refractivity contribution in [3.63, 3.8) is 0 Å². The van der Waals surface area contributed by atoms with Crippen LogP contribution in [-0.2, 0) is 0 Å². The highest BCUT2D eigenvalue weighted by molar-refractivity contribution is 7.13. The summed E-state index contributed by atoms with van der Waals surface area (Å²) in [7, 11) is 0. The molecule has 1 aliphatic rings. The van der Waals surface area contributed by atoms with Gasteiger partial charge in [-0.2, -0.15) is 26.3 Å². The molecule has 0 spiro atoms. The fraction of sp³-hybridized carbons (Fsp3) is 0.0811. The van der Waals surface area contributed by atoms with E-state index in [1.54, 1.807) is 48.8 Å².